The highest BCUT2D eigenvalue weighted by Crippen LogP contribution is 2.42. The number of halogens is 8. The van der Waals surface area contributed by atoms with E-state index >= 15 is 0 Å². The van der Waals surface area contributed by atoms with Gasteiger partial charge in [-0.2, -0.15) is 26.3 Å². The second-order valence-electron chi connectivity index (χ2n) is 20.4. The number of hydrogen-bond acceptors (Lipinski definition) is 13. The van der Waals surface area contributed by atoms with Crippen LogP contribution >= 0.6 is 24.8 Å². The van der Waals surface area contributed by atoms with Crippen LogP contribution in [0.5, 0.6) is 0 Å². The van der Waals surface area contributed by atoms with E-state index in [2.05, 4.69) is 25.2 Å². The standard InChI is InChI=1S/C29H36F3N3O5S.C24H28F3N3O4S.2ClH/c30-29(31,32)14-3-4-21-6-13-25(33-20-21)22-7-11-24(12-8-22)41(37,38)28(15-17-35(18-16-28)23-9-10-23)27(36)34-40-26-5-1-2-19-39-26;25-24(26,27)11-1-2-17-3-10-21(28-16-17)18-4-8-20(9-5-18)35(33,34)23(22(31)29-32)12-14-30(15-13-23)19-6-7-19;;/h6-8,11-13,20,23,26H,1-5,9-10,14-19H2,(H,34,36);3-5,8-10,16,19,32H,1-2,6-7,11-15H2,(H,29,31);2*1H. The molecule has 3 saturated heterocycles. The Hall–Kier alpha value is -4.46. The Labute approximate surface area is 463 Å². The van der Waals surface area contributed by atoms with Crippen LogP contribution < -0.4 is 11.0 Å². The predicted molar refractivity (Wildman–Crippen MR) is 282 cm³/mol. The number of hydrogen-bond donors (Lipinski definition) is 3. The topological polar surface area (TPSA) is 197 Å². The molecule has 2 aliphatic carbocycles. The molecule has 2 aromatic carbocycles. The van der Waals surface area contributed by atoms with E-state index in [-0.39, 0.29) is 86.0 Å². The monoisotopic (exact) mass is 1180 g/mol. The number of piperidine rings is 2. The highest BCUT2D eigenvalue weighted by Gasteiger charge is 2.55. The number of nitrogens with zero attached hydrogens (tertiary/aromatic N) is 4. The summed E-state index contributed by atoms with van der Waals surface area (Å²) >= 11 is 0. The minimum Gasteiger partial charge on any atom is -0.350 e. The van der Waals surface area contributed by atoms with E-state index in [1.165, 1.54) is 30.5 Å². The highest BCUT2D eigenvalue weighted by molar-refractivity contribution is 7.94. The number of rotatable bonds is 18. The van der Waals surface area contributed by atoms with Crippen LogP contribution in [0.1, 0.15) is 107 Å². The quantitative estimate of drug-likeness (QED) is 0.0484. The lowest BCUT2D eigenvalue weighted by atomic mass is 9.94. The van der Waals surface area contributed by atoms with Crippen molar-refractivity contribution in [1.29, 1.82) is 0 Å². The molecule has 0 bridgehead atoms. The summed E-state index contributed by atoms with van der Waals surface area (Å²) in [6.45, 7) is 2.48. The SMILES string of the molecule is Cl.Cl.O=C(NO)C1(S(=O)(=O)c2ccc(-c3ccc(CCCC(F)(F)F)cn3)cc2)CCN(C2CC2)CC1.O=C(NOC1CCCCO1)C1(S(=O)(=O)c2ccc(-c3ccc(CCCC(F)(F)F)cn3)cc2)CCN(C2CC2)CC1. The van der Waals surface area contributed by atoms with Gasteiger partial charge in [-0.05, 0) is 137 Å². The minimum absolute atomic E-state index is 0. The third-order valence-corrected chi connectivity index (χ3v) is 20.2. The normalized spacial score (nSPS) is 20.0. The molecular weight excluding hydrogens is 1110 g/mol. The van der Waals surface area contributed by atoms with Gasteiger partial charge in [0.2, 0.25) is 0 Å². The van der Waals surface area contributed by atoms with Crippen molar-refractivity contribution in [2.45, 2.75) is 159 Å². The number of amides is 2. The van der Waals surface area contributed by atoms with Crippen LogP contribution in [-0.4, -0.2) is 127 Å². The number of ether oxygens (including phenoxy) is 1. The third kappa shape index (κ3) is 15.3. The number of carbonyl (C=O) groups excluding carboxylic acids is 2. The largest absolute Gasteiger partial charge is 0.389 e. The molecule has 5 aliphatic rings. The van der Waals surface area contributed by atoms with Crippen LogP contribution in [0.25, 0.3) is 22.5 Å². The number of sulfone groups is 2. The second-order valence-corrected chi connectivity index (χ2v) is 24.9. The molecule has 78 heavy (non-hydrogen) atoms. The Bertz CT molecular complexity index is 2830. The van der Waals surface area contributed by atoms with Crippen molar-refractivity contribution in [3.8, 4) is 22.5 Å². The average molecular weight is 1180 g/mol. The number of carbonyl (C=O) groups is 2. The Balaban J connectivity index is 0.000000249. The molecule has 5 heterocycles. The van der Waals surface area contributed by atoms with Gasteiger partial charge in [0.1, 0.15) is 0 Å². The summed E-state index contributed by atoms with van der Waals surface area (Å²) in [5.74, 6) is -1.59. The fourth-order valence-corrected chi connectivity index (χ4v) is 14.2. The van der Waals surface area contributed by atoms with Gasteiger partial charge in [-0.25, -0.2) is 32.6 Å². The maximum Gasteiger partial charge on any atom is 0.389 e. The molecule has 2 amide bonds. The number of benzene rings is 2. The zero-order chi connectivity index (χ0) is 54.4. The first-order chi connectivity index (χ1) is 36.1. The maximum atomic E-state index is 14.1. The zero-order valence-corrected chi connectivity index (χ0v) is 46.0. The van der Waals surface area contributed by atoms with Crippen molar-refractivity contribution in [1.82, 2.24) is 30.7 Å². The lowest BCUT2D eigenvalue weighted by Gasteiger charge is -2.40. The summed E-state index contributed by atoms with van der Waals surface area (Å²) in [4.78, 5) is 44.8. The minimum atomic E-state index is -4.18. The molecule has 5 fully saturated rings. The van der Waals surface area contributed by atoms with Crippen molar-refractivity contribution in [2.75, 3.05) is 32.8 Å². The summed E-state index contributed by atoms with van der Waals surface area (Å²) < 4.78 is 132. The molecule has 9 rings (SSSR count). The van der Waals surface area contributed by atoms with Crippen LogP contribution in [0.3, 0.4) is 0 Å². The number of nitrogens with one attached hydrogen (secondary N) is 2. The molecule has 3 N–H and O–H groups in total. The van der Waals surface area contributed by atoms with Crippen LogP contribution in [0.15, 0.2) is 95.0 Å². The molecule has 0 radical (unpaired) electrons. The van der Waals surface area contributed by atoms with Crippen molar-refractivity contribution >= 4 is 56.3 Å². The summed E-state index contributed by atoms with van der Waals surface area (Å²) in [6.07, 6.45) is 0.215. The van der Waals surface area contributed by atoms with Gasteiger partial charge in [0.15, 0.2) is 35.5 Å². The van der Waals surface area contributed by atoms with Crippen LogP contribution in [-0.2, 0) is 51.7 Å². The van der Waals surface area contributed by atoms with Crippen molar-refractivity contribution in [2.24, 2.45) is 0 Å². The molecule has 25 heteroatoms. The van der Waals surface area contributed by atoms with E-state index in [0.717, 1.165) is 38.5 Å². The van der Waals surface area contributed by atoms with Gasteiger partial charge in [-0.1, -0.05) is 36.4 Å². The first-order valence-corrected chi connectivity index (χ1v) is 28.8. The summed E-state index contributed by atoms with van der Waals surface area (Å²) in [5, 5.41) is 9.32. The summed E-state index contributed by atoms with van der Waals surface area (Å²) in [6, 6.07) is 20.0. The molecule has 1 unspecified atom stereocenters. The molecule has 0 spiro atoms. The van der Waals surface area contributed by atoms with Crippen molar-refractivity contribution < 1.29 is 67.5 Å². The fourth-order valence-electron chi connectivity index (χ4n) is 10.3. The molecule has 4 aromatic rings. The van der Waals surface area contributed by atoms with Gasteiger partial charge in [0.25, 0.3) is 11.8 Å². The van der Waals surface area contributed by atoms with E-state index in [1.54, 1.807) is 60.2 Å². The van der Waals surface area contributed by atoms with Crippen molar-refractivity contribution in [3.05, 3.63) is 96.3 Å². The lowest BCUT2D eigenvalue weighted by Crippen LogP contribution is -2.58. The number of pyridine rings is 2. The Morgan fingerprint density at radius 3 is 1.36 bits per heavy atom. The number of hydroxylamine groups is 2. The zero-order valence-electron chi connectivity index (χ0n) is 42.8. The van der Waals surface area contributed by atoms with E-state index in [1.807, 2.05) is 0 Å². The number of likely N-dealkylation sites (tertiary alicyclic amines) is 2. The van der Waals surface area contributed by atoms with Gasteiger partial charge >= 0.3 is 12.4 Å². The van der Waals surface area contributed by atoms with Gasteiger partial charge in [-0.15, -0.1) is 24.8 Å². The van der Waals surface area contributed by atoms with Crippen LogP contribution in [0, 0.1) is 0 Å². The highest BCUT2D eigenvalue weighted by atomic mass is 35.5. The second kappa shape index (κ2) is 26.4. The van der Waals surface area contributed by atoms with Crippen molar-refractivity contribution in [3.63, 3.8) is 0 Å². The molecular formula is C53H66Cl2F6N6O9S2. The van der Waals surface area contributed by atoms with Gasteiger partial charge in [0, 0.05) is 87.7 Å². The van der Waals surface area contributed by atoms with Crippen LogP contribution in [0.2, 0.25) is 0 Å². The van der Waals surface area contributed by atoms with E-state index in [4.69, 9.17) is 9.57 Å². The summed E-state index contributed by atoms with van der Waals surface area (Å²) in [7, 11) is -8.21. The molecule has 1 atom stereocenters. The van der Waals surface area contributed by atoms with E-state index in [9.17, 15) is 58.0 Å². The fraction of sp³-hybridized carbons (Fsp3) is 0.547. The first-order valence-electron chi connectivity index (χ1n) is 25.9. The number of alkyl halides is 6. The van der Waals surface area contributed by atoms with Gasteiger partial charge in [0.05, 0.1) is 21.2 Å². The molecule has 15 nitrogen and oxygen atoms in total. The Morgan fingerprint density at radius 1 is 0.615 bits per heavy atom. The Morgan fingerprint density at radius 2 is 1.03 bits per heavy atom. The number of aromatic nitrogens is 2. The van der Waals surface area contributed by atoms with Crippen LogP contribution in [0.4, 0.5) is 26.3 Å². The smallest absolute Gasteiger partial charge is 0.350 e. The van der Waals surface area contributed by atoms with E-state index < -0.39 is 72.5 Å². The molecule has 430 valence electrons. The predicted octanol–water partition coefficient (Wildman–Crippen LogP) is 9.73. The van der Waals surface area contributed by atoms with E-state index in [0.29, 0.717) is 84.9 Å². The first kappa shape index (κ1) is 62.7. The Kier molecular flexibility index (Phi) is 21.2. The van der Waals surface area contributed by atoms with Gasteiger partial charge < -0.3 is 14.5 Å². The molecule has 3 aliphatic heterocycles. The lowest BCUT2D eigenvalue weighted by molar-refractivity contribution is -0.202. The average Bonchev–Trinajstić information content (AvgIpc) is 4.45. The summed E-state index contributed by atoms with van der Waals surface area (Å²) in [5.41, 5.74) is 7.79. The third-order valence-electron chi connectivity index (χ3n) is 15.1. The molecule has 2 aromatic heterocycles. The van der Waals surface area contributed by atoms with Gasteiger partial charge in [-0.3, -0.25) is 24.8 Å². The number of aryl methyl sites for hydroxylation is 2. The maximum absolute atomic E-state index is 14.1. The molecule has 2 saturated carbocycles.